The van der Waals surface area contributed by atoms with E-state index >= 15 is 0 Å². The Morgan fingerprint density at radius 3 is 3.00 bits per heavy atom. The highest BCUT2D eigenvalue weighted by atomic mass is 16.6. The van der Waals surface area contributed by atoms with Gasteiger partial charge < -0.3 is 9.36 Å². The van der Waals surface area contributed by atoms with E-state index < -0.39 is 0 Å². The number of hydrogen-bond donors (Lipinski definition) is 0. The third kappa shape index (κ3) is 3.48. The molecule has 0 radical (unpaired) electrons. The first kappa shape index (κ1) is 14.6. The third-order valence-corrected chi connectivity index (χ3v) is 3.48. The van der Waals surface area contributed by atoms with Crippen molar-refractivity contribution in [2.45, 2.75) is 32.4 Å². The highest BCUT2D eigenvalue weighted by molar-refractivity contribution is 5.85. The molecule has 1 aliphatic rings. The van der Waals surface area contributed by atoms with Crippen molar-refractivity contribution in [2.24, 2.45) is 5.16 Å². The summed E-state index contributed by atoms with van der Waals surface area (Å²) in [5.41, 5.74) is 1.83. The molecule has 3 rings (SSSR count). The predicted octanol–water partition coefficient (Wildman–Crippen LogP) is 2.12. The van der Waals surface area contributed by atoms with E-state index in [2.05, 4.69) is 32.1 Å². The van der Waals surface area contributed by atoms with E-state index in [1.807, 2.05) is 25.2 Å². The third-order valence-electron chi connectivity index (χ3n) is 3.48. The molecule has 2 aromatic rings. The fourth-order valence-corrected chi connectivity index (χ4v) is 2.35. The summed E-state index contributed by atoms with van der Waals surface area (Å²) in [7, 11) is 2.00. The van der Waals surface area contributed by atoms with Crippen molar-refractivity contribution in [3.8, 4) is 11.5 Å². The second-order valence-electron chi connectivity index (χ2n) is 5.37. The lowest BCUT2D eigenvalue weighted by atomic mass is 10.1. The van der Waals surface area contributed by atoms with Crippen LogP contribution in [-0.2, 0) is 11.4 Å². The van der Waals surface area contributed by atoms with Crippen LogP contribution < -0.4 is 0 Å². The van der Waals surface area contributed by atoms with E-state index in [9.17, 15) is 0 Å². The van der Waals surface area contributed by atoms with Crippen molar-refractivity contribution in [2.75, 3.05) is 13.6 Å². The van der Waals surface area contributed by atoms with E-state index in [4.69, 9.17) is 9.36 Å². The van der Waals surface area contributed by atoms with Gasteiger partial charge >= 0.3 is 0 Å². The first-order valence-corrected chi connectivity index (χ1v) is 7.38. The topological polar surface area (TPSA) is 76.6 Å². The smallest absolute Gasteiger partial charge is 0.241 e. The quantitative estimate of drug-likeness (QED) is 0.813. The molecule has 0 fully saturated rings. The first-order valence-electron chi connectivity index (χ1n) is 7.38. The molecule has 0 spiro atoms. The standard InChI is InChI=1S/C15H19N5O2/c1-3-11-8-12(21-18-11)9-20(2)10-14-17-15(19-22-14)13-6-4-5-7-16-13/h4-7,12H,3,8-10H2,1-2H3/t12-/m0/s1. The molecular formula is C15H19N5O2. The molecule has 116 valence electrons. The van der Waals surface area contributed by atoms with Crippen molar-refractivity contribution >= 4 is 5.71 Å². The first-order chi connectivity index (χ1) is 10.7. The molecule has 7 nitrogen and oxygen atoms in total. The molecule has 1 atom stereocenters. The number of oxime groups is 1. The summed E-state index contributed by atoms with van der Waals surface area (Å²) >= 11 is 0. The maximum absolute atomic E-state index is 5.41. The minimum absolute atomic E-state index is 0.109. The zero-order valence-corrected chi connectivity index (χ0v) is 12.8. The van der Waals surface area contributed by atoms with Gasteiger partial charge in [0.1, 0.15) is 11.8 Å². The van der Waals surface area contributed by atoms with Crippen LogP contribution in [0.3, 0.4) is 0 Å². The molecule has 0 amide bonds. The largest absolute Gasteiger partial charge is 0.391 e. The van der Waals surface area contributed by atoms with E-state index in [0.717, 1.165) is 25.1 Å². The van der Waals surface area contributed by atoms with Crippen molar-refractivity contribution in [3.05, 3.63) is 30.3 Å². The molecule has 0 N–H and O–H groups in total. The van der Waals surface area contributed by atoms with Gasteiger partial charge in [0.05, 0.1) is 12.3 Å². The van der Waals surface area contributed by atoms with Gasteiger partial charge in [-0.2, -0.15) is 4.98 Å². The Labute approximate surface area is 129 Å². The summed E-state index contributed by atoms with van der Waals surface area (Å²) in [6.07, 6.45) is 3.65. The molecule has 3 heterocycles. The average Bonchev–Trinajstić information content (AvgIpc) is 3.17. The van der Waals surface area contributed by atoms with E-state index in [1.165, 1.54) is 0 Å². The summed E-state index contributed by atoms with van der Waals surface area (Å²) in [4.78, 5) is 16.1. The van der Waals surface area contributed by atoms with Gasteiger partial charge in [-0.25, -0.2) is 0 Å². The summed E-state index contributed by atoms with van der Waals surface area (Å²) in [6, 6.07) is 5.61. The number of likely N-dealkylation sites (N-methyl/N-ethyl adjacent to an activating group) is 1. The number of rotatable bonds is 6. The molecule has 0 unspecified atom stereocenters. The van der Waals surface area contributed by atoms with Gasteiger partial charge in [0.25, 0.3) is 0 Å². The van der Waals surface area contributed by atoms with Crippen LogP contribution in [0.25, 0.3) is 11.5 Å². The Hall–Kier alpha value is -2.28. The van der Waals surface area contributed by atoms with Crippen molar-refractivity contribution in [3.63, 3.8) is 0 Å². The monoisotopic (exact) mass is 301 g/mol. The highest BCUT2D eigenvalue weighted by Gasteiger charge is 2.22. The number of aromatic nitrogens is 3. The Morgan fingerprint density at radius 1 is 1.36 bits per heavy atom. The second kappa shape index (κ2) is 6.65. The Morgan fingerprint density at radius 2 is 2.27 bits per heavy atom. The van der Waals surface area contributed by atoms with Gasteiger partial charge in [0.15, 0.2) is 0 Å². The van der Waals surface area contributed by atoms with Crippen LogP contribution >= 0.6 is 0 Å². The van der Waals surface area contributed by atoms with E-state index in [-0.39, 0.29) is 6.10 Å². The van der Waals surface area contributed by atoms with Crippen molar-refractivity contribution in [1.82, 2.24) is 20.0 Å². The summed E-state index contributed by atoms with van der Waals surface area (Å²) < 4.78 is 5.28. The molecule has 0 aliphatic carbocycles. The van der Waals surface area contributed by atoms with E-state index in [0.29, 0.717) is 24.0 Å². The van der Waals surface area contributed by atoms with Gasteiger partial charge in [0, 0.05) is 19.2 Å². The minimum atomic E-state index is 0.109. The zero-order valence-electron chi connectivity index (χ0n) is 12.8. The molecule has 2 aromatic heterocycles. The van der Waals surface area contributed by atoms with Gasteiger partial charge in [-0.3, -0.25) is 9.88 Å². The van der Waals surface area contributed by atoms with Crippen molar-refractivity contribution in [1.29, 1.82) is 0 Å². The van der Waals surface area contributed by atoms with E-state index in [1.54, 1.807) is 6.20 Å². The molecule has 0 aromatic carbocycles. The predicted molar refractivity (Wildman–Crippen MR) is 81.1 cm³/mol. The molecule has 1 aliphatic heterocycles. The fraction of sp³-hybridized carbons (Fsp3) is 0.467. The summed E-state index contributed by atoms with van der Waals surface area (Å²) in [6.45, 7) is 3.43. The zero-order chi connectivity index (χ0) is 15.4. The number of pyridine rings is 1. The van der Waals surface area contributed by atoms with Gasteiger partial charge in [-0.05, 0) is 25.6 Å². The normalized spacial score (nSPS) is 17.6. The fourth-order valence-electron chi connectivity index (χ4n) is 2.35. The Bertz CT molecular complexity index is 640. The average molecular weight is 301 g/mol. The number of nitrogens with zero attached hydrogens (tertiary/aromatic N) is 5. The molecule has 7 heteroatoms. The van der Waals surface area contributed by atoms with Gasteiger partial charge in [0.2, 0.25) is 11.7 Å². The van der Waals surface area contributed by atoms with Crippen LogP contribution in [0.1, 0.15) is 25.7 Å². The van der Waals surface area contributed by atoms with Crippen LogP contribution in [0.15, 0.2) is 34.1 Å². The Balaban J connectivity index is 1.54. The lowest BCUT2D eigenvalue weighted by Gasteiger charge is -2.17. The second-order valence-corrected chi connectivity index (χ2v) is 5.37. The molecule has 0 bridgehead atoms. The van der Waals surface area contributed by atoms with Crippen LogP contribution in [0.2, 0.25) is 0 Å². The van der Waals surface area contributed by atoms with Gasteiger partial charge in [-0.1, -0.05) is 23.3 Å². The lowest BCUT2D eigenvalue weighted by molar-refractivity contribution is 0.0553. The van der Waals surface area contributed by atoms with Gasteiger partial charge in [-0.15, -0.1) is 0 Å². The maximum Gasteiger partial charge on any atom is 0.241 e. The number of hydrogen-bond acceptors (Lipinski definition) is 7. The summed E-state index contributed by atoms with van der Waals surface area (Å²) in [5, 5.41) is 8.04. The van der Waals surface area contributed by atoms with Crippen LogP contribution in [0.5, 0.6) is 0 Å². The SMILES string of the molecule is CCC1=NO[C@H](CN(C)Cc2nc(-c3ccccn3)no2)C1. The highest BCUT2D eigenvalue weighted by Crippen LogP contribution is 2.16. The molecule has 0 saturated heterocycles. The minimum Gasteiger partial charge on any atom is -0.391 e. The molecule has 22 heavy (non-hydrogen) atoms. The van der Waals surface area contributed by atoms with Crippen LogP contribution in [0.4, 0.5) is 0 Å². The summed E-state index contributed by atoms with van der Waals surface area (Å²) in [5.74, 6) is 1.08. The van der Waals surface area contributed by atoms with Crippen molar-refractivity contribution < 1.29 is 9.36 Å². The lowest BCUT2D eigenvalue weighted by Crippen LogP contribution is -2.29. The van der Waals surface area contributed by atoms with Crippen LogP contribution in [0, 0.1) is 0 Å². The Kier molecular flexibility index (Phi) is 4.43. The van der Waals surface area contributed by atoms with Crippen LogP contribution in [-0.4, -0.2) is 45.4 Å². The molecular weight excluding hydrogens is 282 g/mol. The maximum atomic E-state index is 5.41. The molecule has 0 saturated carbocycles.